The van der Waals surface area contributed by atoms with Crippen molar-refractivity contribution in [3.05, 3.63) is 34.0 Å². The lowest BCUT2D eigenvalue weighted by atomic mass is 9.96. The summed E-state index contributed by atoms with van der Waals surface area (Å²) in [6.07, 6.45) is 7.38. The fourth-order valence-corrected chi connectivity index (χ4v) is 4.24. The van der Waals surface area contributed by atoms with Crippen LogP contribution in [0.5, 0.6) is 0 Å². The molecule has 2 heterocycles. The molecule has 0 bridgehead atoms. The monoisotopic (exact) mass is 359 g/mol. The highest BCUT2D eigenvalue weighted by Gasteiger charge is 2.21. The molecule has 0 unspecified atom stereocenters. The van der Waals surface area contributed by atoms with E-state index >= 15 is 0 Å². The number of anilines is 1. The van der Waals surface area contributed by atoms with Crippen molar-refractivity contribution >= 4 is 39.6 Å². The van der Waals surface area contributed by atoms with E-state index in [9.17, 15) is 10.1 Å². The molecule has 0 aliphatic heterocycles. The molecule has 8 heteroatoms. The molecule has 0 saturated heterocycles. The summed E-state index contributed by atoms with van der Waals surface area (Å²) >= 11 is 6.78. The molecule has 1 amide bonds. The number of aryl methyl sites for hydroxylation is 2. The number of nitrogens with zero attached hydrogens (tertiary/aromatic N) is 3. The highest BCUT2D eigenvalue weighted by molar-refractivity contribution is 7.80. The standard InChI is InChI=1S/C16H17N5OS2/c1-2-21-9-10(8-18-21)14(22)19-16(23)20-15-12(7-17)11-5-3-4-6-13(11)24-15/h8-9H,2-6H2,1H3,(H2,19,20,22,23). The van der Waals surface area contributed by atoms with Gasteiger partial charge in [-0.05, 0) is 50.4 Å². The van der Waals surface area contributed by atoms with E-state index in [4.69, 9.17) is 12.2 Å². The third-order valence-corrected chi connectivity index (χ3v) is 5.37. The number of amides is 1. The number of carbonyl (C=O) groups excluding carboxylic acids is 1. The molecule has 0 spiro atoms. The number of carbonyl (C=O) groups is 1. The van der Waals surface area contributed by atoms with Gasteiger partial charge in [0.2, 0.25) is 0 Å². The number of hydrogen-bond donors (Lipinski definition) is 2. The number of nitriles is 1. The third kappa shape index (κ3) is 3.32. The second-order valence-corrected chi connectivity index (χ2v) is 7.03. The van der Waals surface area contributed by atoms with E-state index in [1.165, 1.54) is 11.1 Å². The minimum absolute atomic E-state index is 0.194. The van der Waals surface area contributed by atoms with Crippen molar-refractivity contribution in [2.45, 2.75) is 39.2 Å². The molecular weight excluding hydrogens is 342 g/mol. The largest absolute Gasteiger partial charge is 0.323 e. The summed E-state index contributed by atoms with van der Waals surface area (Å²) < 4.78 is 1.67. The van der Waals surface area contributed by atoms with Crippen molar-refractivity contribution < 1.29 is 4.79 Å². The Labute approximate surface area is 149 Å². The second-order valence-electron chi connectivity index (χ2n) is 5.52. The molecule has 2 N–H and O–H groups in total. The van der Waals surface area contributed by atoms with E-state index in [0.29, 0.717) is 17.7 Å². The van der Waals surface area contributed by atoms with Crippen LogP contribution in [0, 0.1) is 11.3 Å². The maximum atomic E-state index is 12.2. The molecule has 0 atom stereocenters. The van der Waals surface area contributed by atoms with E-state index in [1.54, 1.807) is 22.2 Å². The van der Waals surface area contributed by atoms with Crippen molar-refractivity contribution in [3.63, 3.8) is 0 Å². The Bertz CT molecular complexity index is 830. The van der Waals surface area contributed by atoms with Crippen molar-refractivity contribution in [2.75, 3.05) is 5.32 Å². The predicted molar refractivity (Wildman–Crippen MR) is 97.3 cm³/mol. The summed E-state index contributed by atoms with van der Waals surface area (Å²) in [5.74, 6) is -0.313. The lowest BCUT2D eigenvalue weighted by Crippen LogP contribution is -2.33. The Morgan fingerprint density at radius 3 is 3.00 bits per heavy atom. The molecular formula is C16H17N5OS2. The van der Waals surface area contributed by atoms with Crippen molar-refractivity contribution in [1.29, 1.82) is 5.26 Å². The Balaban J connectivity index is 1.70. The maximum Gasteiger partial charge on any atom is 0.260 e. The molecule has 2 aromatic rings. The van der Waals surface area contributed by atoms with Crippen LogP contribution in [0.15, 0.2) is 12.4 Å². The van der Waals surface area contributed by atoms with Gasteiger partial charge in [-0.3, -0.25) is 14.8 Å². The van der Waals surface area contributed by atoms with Gasteiger partial charge in [-0.2, -0.15) is 10.4 Å². The molecule has 2 aromatic heterocycles. The molecule has 1 aliphatic rings. The van der Waals surface area contributed by atoms with Crippen LogP contribution in [-0.4, -0.2) is 20.8 Å². The Kier molecular flexibility index (Phi) is 4.92. The molecule has 24 heavy (non-hydrogen) atoms. The molecule has 124 valence electrons. The lowest BCUT2D eigenvalue weighted by Gasteiger charge is -2.09. The molecule has 0 saturated carbocycles. The van der Waals surface area contributed by atoms with Crippen molar-refractivity contribution in [2.24, 2.45) is 0 Å². The van der Waals surface area contributed by atoms with Gasteiger partial charge in [0.05, 0.1) is 17.3 Å². The summed E-state index contributed by atoms with van der Waals surface area (Å²) in [6.45, 7) is 2.64. The van der Waals surface area contributed by atoms with E-state index in [1.807, 2.05) is 6.92 Å². The van der Waals surface area contributed by atoms with Crippen LogP contribution < -0.4 is 10.6 Å². The number of rotatable bonds is 3. The first-order valence-electron chi connectivity index (χ1n) is 7.81. The maximum absolute atomic E-state index is 12.2. The minimum atomic E-state index is -0.313. The average Bonchev–Trinajstić information content (AvgIpc) is 3.18. The van der Waals surface area contributed by atoms with Crippen LogP contribution in [0.25, 0.3) is 0 Å². The Hall–Kier alpha value is -2.24. The highest BCUT2D eigenvalue weighted by Crippen LogP contribution is 2.37. The fourth-order valence-electron chi connectivity index (χ4n) is 2.74. The number of thiophene rings is 1. The van der Waals surface area contributed by atoms with Crippen LogP contribution in [-0.2, 0) is 19.4 Å². The lowest BCUT2D eigenvalue weighted by molar-refractivity contribution is 0.0977. The molecule has 0 fully saturated rings. The molecule has 1 aliphatic carbocycles. The van der Waals surface area contributed by atoms with Crippen LogP contribution in [0.3, 0.4) is 0 Å². The van der Waals surface area contributed by atoms with Gasteiger partial charge in [-0.15, -0.1) is 11.3 Å². The van der Waals surface area contributed by atoms with E-state index in [2.05, 4.69) is 21.8 Å². The van der Waals surface area contributed by atoms with Crippen molar-refractivity contribution in [1.82, 2.24) is 15.1 Å². The van der Waals surface area contributed by atoms with E-state index < -0.39 is 0 Å². The summed E-state index contributed by atoms with van der Waals surface area (Å²) in [5, 5.41) is 20.1. The Morgan fingerprint density at radius 1 is 1.50 bits per heavy atom. The van der Waals surface area contributed by atoms with Gasteiger partial charge in [-0.1, -0.05) is 0 Å². The third-order valence-electron chi connectivity index (χ3n) is 3.96. The number of fused-ring (bicyclic) bond motifs is 1. The van der Waals surface area contributed by atoms with E-state index in [0.717, 1.165) is 36.2 Å². The van der Waals surface area contributed by atoms with Gasteiger partial charge in [0, 0.05) is 17.6 Å². The predicted octanol–water partition coefficient (Wildman–Crippen LogP) is 2.84. The second kappa shape index (κ2) is 7.11. The summed E-state index contributed by atoms with van der Waals surface area (Å²) in [5.41, 5.74) is 2.24. The smallest absolute Gasteiger partial charge is 0.260 e. The zero-order valence-corrected chi connectivity index (χ0v) is 14.9. The van der Waals surface area contributed by atoms with Gasteiger partial charge in [-0.25, -0.2) is 0 Å². The van der Waals surface area contributed by atoms with Crippen LogP contribution in [0.2, 0.25) is 0 Å². The summed E-state index contributed by atoms with van der Waals surface area (Å²) in [7, 11) is 0. The van der Waals surface area contributed by atoms with Gasteiger partial charge in [0.25, 0.3) is 5.91 Å². The molecule has 0 radical (unpaired) electrons. The number of nitrogens with one attached hydrogen (secondary N) is 2. The van der Waals surface area contributed by atoms with Crippen LogP contribution >= 0.6 is 23.6 Å². The highest BCUT2D eigenvalue weighted by atomic mass is 32.1. The topological polar surface area (TPSA) is 82.7 Å². The van der Waals surface area contributed by atoms with Crippen molar-refractivity contribution in [3.8, 4) is 6.07 Å². The quantitative estimate of drug-likeness (QED) is 0.824. The Morgan fingerprint density at radius 2 is 2.29 bits per heavy atom. The first-order chi connectivity index (χ1) is 11.6. The minimum Gasteiger partial charge on any atom is -0.323 e. The molecule has 0 aromatic carbocycles. The fraction of sp³-hybridized carbons (Fsp3) is 0.375. The summed E-state index contributed by atoms with van der Waals surface area (Å²) in [4.78, 5) is 13.4. The molecule has 3 rings (SSSR count). The first-order valence-corrected chi connectivity index (χ1v) is 9.04. The van der Waals surface area contributed by atoms with Crippen LogP contribution in [0.1, 0.15) is 46.1 Å². The zero-order chi connectivity index (χ0) is 17.1. The van der Waals surface area contributed by atoms with Gasteiger partial charge in [0.1, 0.15) is 11.1 Å². The van der Waals surface area contributed by atoms with E-state index in [-0.39, 0.29) is 11.0 Å². The van der Waals surface area contributed by atoms with Crippen LogP contribution in [0.4, 0.5) is 5.00 Å². The zero-order valence-electron chi connectivity index (χ0n) is 13.3. The average molecular weight is 359 g/mol. The summed E-state index contributed by atoms with van der Waals surface area (Å²) in [6, 6.07) is 2.27. The molecule has 6 nitrogen and oxygen atoms in total. The number of thiocarbonyl (C=S) groups is 1. The van der Waals surface area contributed by atoms with Gasteiger partial charge >= 0.3 is 0 Å². The van der Waals surface area contributed by atoms with Gasteiger partial charge < -0.3 is 5.32 Å². The normalized spacial score (nSPS) is 13.0. The first kappa shape index (κ1) is 16.6. The SMILES string of the molecule is CCn1cc(C(=O)NC(=S)Nc2sc3c(c2C#N)CCCC3)cn1. The van der Waals surface area contributed by atoms with Gasteiger partial charge in [0.15, 0.2) is 5.11 Å². The number of aromatic nitrogens is 2. The number of hydrogen-bond acceptors (Lipinski definition) is 5.